The van der Waals surface area contributed by atoms with Crippen LogP contribution >= 0.6 is 11.8 Å². The van der Waals surface area contributed by atoms with Crippen LogP contribution < -0.4 is 0 Å². The Hall–Kier alpha value is -0.900. The lowest BCUT2D eigenvalue weighted by atomic mass is 10.6. The van der Waals surface area contributed by atoms with Crippen molar-refractivity contribution in [2.75, 3.05) is 6.26 Å². The highest BCUT2D eigenvalue weighted by atomic mass is 32.2. The zero-order valence-corrected chi connectivity index (χ0v) is 6.35. The summed E-state index contributed by atoms with van der Waals surface area (Å²) in [5.74, 6) is 0.495. The van der Waals surface area contributed by atoms with E-state index >= 15 is 0 Å². The van der Waals surface area contributed by atoms with Crippen LogP contribution in [-0.4, -0.2) is 21.3 Å². The maximum Gasteiger partial charge on any atom is 0.184 e. The molecule has 3 nitrogen and oxygen atoms in total. The van der Waals surface area contributed by atoms with Gasteiger partial charge in [0.1, 0.15) is 5.04 Å². The topological polar surface area (TPSA) is 49.6 Å². The minimum Gasteiger partial charge on any atom is -0.291 e. The molecule has 0 fully saturated rings. The number of nitrogens with zero attached hydrogens (tertiary/aromatic N) is 2. The number of nitrogens with one attached hydrogen (secondary N) is 1. The van der Waals surface area contributed by atoms with Crippen molar-refractivity contribution in [1.82, 2.24) is 9.97 Å². The summed E-state index contributed by atoms with van der Waals surface area (Å²) >= 11 is 1.34. The van der Waals surface area contributed by atoms with Gasteiger partial charge in [0.25, 0.3) is 0 Å². The van der Waals surface area contributed by atoms with E-state index in [1.54, 1.807) is 18.5 Å². The van der Waals surface area contributed by atoms with Crippen molar-refractivity contribution in [3.8, 4) is 0 Å². The van der Waals surface area contributed by atoms with E-state index in [1.165, 1.54) is 11.8 Å². The first-order valence-corrected chi connectivity index (χ1v) is 3.97. The molecule has 4 heteroatoms. The second kappa shape index (κ2) is 3.31. The number of thioether (sulfide) groups is 1. The molecule has 1 rings (SSSR count). The van der Waals surface area contributed by atoms with E-state index in [9.17, 15) is 0 Å². The quantitative estimate of drug-likeness (QED) is 0.486. The smallest absolute Gasteiger partial charge is 0.184 e. The normalized spacial score (nSPS) is 9.30. The van der Waals surface area contributed by atoms with Crippen molar-refractivity contribution in [2.24, 2.45) is 0 Å². The third kappa shape index (κ3) is 1.54. The van der Waals surface area contributed by atoms with Crippen molar-refractivity contribution in [3.05, 3.63) is 24.3 Å². The Kier molecular flexibility index (Phi) is 2.39. The van der Waals surface area contributed by atoms with Gasteiger partial charge in [0.15, 0.2) is 5.82 Å². The van der Waals surface area contributed by atoms with Crippen LogP contribution in [0.3, 0.4) is 0 Å². The summed E-state index contributed by atoms with van der Waals surface area (Å²) in [5, 5.41) is 7.72. The predicted molar refractivity (Wildman–Crippen MR) is 42.4 cm³/mol. The average Bonchev–Trinajstić information content (AvgIpc) is 2.05. The summed E-state index contributed by atoms with van der Waals surface area (Å²) in [5.41, 5.74) is 0. The number of aromatic nitrogens is 2. The Morgan fingerprint density at radius 3 is 2.60 bits per heavy atom. The van der Waals surface area contributed by atoms with Crippen molar-refractivity contribution in [3.63, 3.8) is 0 Å². The summed E-state index contributed by atoms with van der Waals surface area (Å²) in [7, 11) is 0. The lowest BCUT2D eigenvalue weighted by molar-refractivity contribution is 1.13. The lowest BCUT2D eigenvalue weighted by Crippen LogP contribution is -1.98. The molecule has 10 heavy (non-hydrogen) atoms. The van der Waals surface area contributed by atoms with Gasteiger partial charge in [0.2, 0.25) is 0 Å². The first kappa shape index (κ1) is 7.21. The van der Waals surface area contributed by atoms with Gasteiger partial charge in [-0.3, -0.25) is 5.41 Å². The Balaban J connectivity index is 2.85. The van der Waals surface area contributed by atoms with E-state index in [-0.39, 0.29) is 0 Å². The molecule has 0 saturated heterocycles. The molecule has 0 aliphatic heterocycles. The van der Waals surface area contributed by atoms with E-state index in [4.69, 9.17) is 5.41 Å². The van der Waals surface area contributed by atoms with E-state index in [0.717, 1.165) is 0 Å². The van der Waals surface area contributed by atoms with Gasteiger partial charge >= 0.3 is 0 Å². The number of rotatable bonds is 1. The van der Waals surface area contributed by atoms with Gasteiger partial charge in [-0.25, -0.2) is 9.97 Å². The van der Waals surface area contributed by atoms with Gasteiger partial charge < -0.3 is 0 Å². The molecule has 0 aliphatic rings. The molecule has 1 heterocycles. The molecule has 1 N–H and O–H groups in total. The van der Waals surface area contributed by atoms with Crippen molar-refractivity contribution in [2.45, 2.75) is 0 Å². The van der Waals surface area contributed by atoms with Crippen LogP contribution in [-0.2, 0) is 0 Å². The van der Waals surface area contributed by atoms with Gasteiger partial charge in [-0.15, -0.1) is 11.8 Å². The third-order valence-corrected chi connectivity index (χ3v) is 1.56. The molecule has 0 unspecified atom stereocenters. The van der Waals surface area contributed by atoms with Gasteiger partial charge in [0, 0.05) is 12.4 Å². The first-order chi connectivity index (χ1) is 4.84. The molecule has 1 aromatic heterocycles. The van der Waals surface area contributed by atoms with Crippen LogP contribution in [0.5, 0.6) is 0 Å². The van der Waals surface area contributed by atoms with Crippen LogP contribution in [0.4, 0.5) is 0 Å². The summed E-state index contributed by atoms with van der Waals surface area (Å²) in [6, 6.07) is 1.73. The van der Waals surface area contributed by atoms with Crippen LogP contribution in [0, 0.1) is 5.41 Å². The molecular weight excluding hydrogens is 146 g/mol. The van der Waals surface area contributed by atoms with Gasteiger partial charge in [-0.05, 0) is 12.3 Å². The maximum atomic E-state index is 7.32. The molecule has 0 atom stereocenters. The largest absolute Gasteiger partial charge is 0.291 e. The molecule has 0 bridgehead atoms. The van der Waals surface area contributed by atoms with Crippen molar-refractivity contribution >= 4 is 16.8 Å². The van der Waals surface area contributed by atoms with Gasteiger partial charge in [-0.2, -0.15) is 0 Å². The van der Waals surface area contributed by atoms with Crippen LogP contribution in [0.15, 0.2) is 18.5 Å². The second-order valence-corrected chi connectivity index (χ2v) is 2.42. The Bertz CT molecular complexity index is 222. The van der Waals surface area contributed by atoms with E-state index in [2.05, 4.69) is 9.97 Å². The Morgan fingerprint density at radius 1 is 1.50 bits per heavy atom. The molecule has 0 aromatic carbocycles. The highest BCUT2D eigenvalue weighted by Gasteiger charge is 1.98. The fourth-order valence-electron chi connectivity index (χ4n) is 0.508. The van der Waals surface area contributed by atoms with Crippen LogP contribution in [0.1, 0.15) is 5.82 Å². The second-order valence-electron chi connectivity index (χ2n) is 1.61. The fourth-order valence-corrected chi connectivity index (χ4v) is 0.796. The van der Waals surface area contributed by atoms with Gasteiger partial charge in [0.05, 0.1) is 0 Å². The molecule has 0 radical (unpaired) electrons. The Morgan fingerprint density at radius 2 is 2.10 bits per heavy atom. The maximum absolute atomic E-state index is 7.32. The van der Waals surface area contributed by atoms with Crippen molar-refractivity contribution in [1.29, 1.82) is 5.41 Å². The minimum absolute atomic E-state index is 0.403. The highest BCUT2D eigenvalue weighted by molar-refractivity contribution is 8.13. The molecule has 0 saturated carbocycles. The van der Waals surface area contributed by atoms with E-state index < -0.39 is 0 Å². The van der Waals surface area contributed by atoms with E-state index in [1.807, 2.05) is 6.26 Å². The summed E-state index contributed by atoms with van der Waals surface area (Å²) < 4.78 is 0. The lowest BCUT2D eigenvalue weighted by Gasteiger charge is -1.94. The molecular formula is C6H7N3S. The molecule has 1 aromatic rings. The van der Waals surface area contributed by atoms with Crippen molar-refractivity contribution < 1.29 is 0 Å². The highest BCUT2D eigenvalue weighted by Crippen LogP contribution is 2.01. The number of hydrogen-bond acceptors (Lipinski definition) is 4. The first-order valence-electron chi connectivity index (χ1n) is 2.74. The predicted octanol–water partition coefficient (Wildman–Crippen LogP) is 1.16. The fraction of sp³-hybridized carbons (Fsp3) is 0.167. The summed E-state index contributed by atoms with van der Waals surface area (Å²) in [6.45, 7) is 0. The standard InChI is InChI=1S/C6H7N3S/c1-10-5(7)6-8-3-2-4-9-6/h2-4,7H,1H3. The monoisotopic (exact) mass is 153 g/mol. The summed E-state index contributed by atoms with van der Waals surface area (Å²) in [4.78, 5) is 7.79. The zero-order valence-electron chi connectivity index (χ0n) is 5.53. The van der Waals surface area contributed by atoms with Crippen LogP contribution in [0.25, 0.3) is 0 Å². The SMILES string of the molecule is CSC(=N)c1ncccn1. The number of hydrogen-bond donors (Lipinski definition) is 1. The third-order valence-electron chi connectivity index (χ3n) is 0.973. The molecule has 0 aliphatic carbocycles. The van der Waals surface area contributed by atoms with Crippen LogP contribution in [0.2, 0.25) is 0 Å². The summed E-state index contributed by atoms with van der Waals surface area (Å²) in [6.07, 6.45) is 5.10. The molecule has 0 spiro atoms. The molecule has 0 amide bonds. The van der Waals surface area contributed by atoms with Gasteiger partial charge in [-0.1, -0.05) is 0 Å². The Labute approximate surface area is 63.4 Å². The van der Waals surface area contributed by atoms with E-state index in [0.29, 0.717) is 10.9 Å². The molecule has 52 valence electrons. The minimum atomic E-state index is 0.403. The zero-order chi connectivity index (χ0) is 7.40. The average molecular weight is 153 g/mol.